The zero-order valence-electron chi connectivity index (χ0n) is 16.4. The number of carbonyl (C=O) groups is 1. The average Bonchev–Trinajstić information content (AvgIpc) is 2.78. The number of hydroxylamine groups is 1. The van der Waals surface area contributed by atoms with Gasteiger partial charge in [-0.2, -0.15) is 0 Å². The van der Waals surface area contributed by atoms with Gasteiger partial charge in [-0.1, -0.05) is 40.9 Å². The van der Waals surface area contributed by atoms with Gasteiger partial charge in [0.15, 0.2) is 0 Å². The SMILES string of the molecule is CON(C)S(=O)(=O)c1ccc(C(=O)NC2c3ccccc3Oc3ccccc32)cc1. The molecular formula is C22H20N2O5S. The van der Waals surface area contributed by atoms with E-state index in [1.165, 1.54) is 38.4 Å². The molecule has 154 valence electrons. The Morgan fingerprint density at radius 2 is 1.47 bits per heavy atom. The number of benzene rings is 3. The molecule has 30 heavy (non-hydrogen) atoms. The maximum Gasteiger partial charge on any atom is 0.264 e. The minimum absolute atomic E-state index is 0.0326. The first-order valence-corrected chi connectivity index (χ1v) is 10.7. The van der Waals surface area contributed by atoms with Crippen molar-refractivity contribution in [2.45, 2.75) is 10.9 Å². The quantitative estimate of drug-likeness (QED) is 0.634. The van der Waals surface area contributed by atoms with E-state index in [4.69, 9.17) is 9.57 Å². The van der Waals surface area contributed by atoms with Crippen LogP contribution in [-0.4, -0.2) is 33.0 Å². The topological polar surface area (TPSA) is 84.9 Å². The Bertz CT molecular complexity index is 1150. The minimum atomic E-state index is -3.78. The molecule has 3 aromatic carbocycles. The number of fused-ring (bicyclic) bond motifs is 2. The van der Waals surface area contributed by atoms with Crippen molar-refractivity contribution in [1.82, 2.24) is 9.79 Å². The number of nitrogens with one attached hydrogen (secondary N) is 1. The Hall–Kier alpha value is -3.20. The molecule has 0 fully saturated rings. The Morgan fingerprint density at radius 1 is 0.933 bits per heavy atom. The van der Waals surface area contributed by atoms with Crippen LogP contribution >= 0.6 is 0 Å². The van der Waals surface area contributed by atoms with Gasteiger partial charge in [-0.15, -0.1) is 0 Å². The molecule has 0 radical (unpaired) electrons. The van der Waals surface area contributed by atoms with Gasteiger partial charge < -0.3 is 10.1 Å². The molecule has 0 unspecified atom stereocenters. The summed E-state index contributed by atoms with van der Waals surface area (Å²) in [4.78, 5) is 17.7. The van der Waals surface area contributed by atoms with E-state index in [2.05, 4.69) is 5.32 Å². The monoisotopic (exact) mass is 424 g/mol. The third-order valence-corrected chi connectivity index (χ3v) is 6.66. The van der Waals surface area contributed by atoms with Gasteiger partial charge in [0, 0.05) is 23.7 Å². The highest BCUT2D eigenvalue weighted by Gasteiger charge is 2.28. The molecule has 0 atom stereocenters. The molecular weight excluding hydrogens is 404 g/mol. The lowest BCUT2D eigenvalue weighted by atomic mass is 9.94. The van der Waals surface area contributed by atoms with Crippen LogP contribution in [0.1, 0.15) is 27.5 Å². The fourth-order valence-corrected chi connectivity index (χ4v) is 4.28. The second kappa shape index (κ2) is 7.91. The lowest BCUT2D eigenvalue weighted by Crippen LogP contribution is -2.31. The van der Waals surface area contributed by atoms with Crippen molar-refractivity contribution in [2.75, 3.05) is 14.2 Å². The fourth-order valence-electron chi connectivity index (χ4n) is 3.30. The first-order valence-electron chi connectivity index (χ1n) is 9.21. The Kier molecular flexibility index (Phi) is 5.29. The van der Waals surface area contributed by atoms with Crippen LogP contribution in [-0.2, 0) is 14.9 Å². The molecule has 3 aromatic rings. The smallest absolute Gasteiger partial charge is 0.264 e. The van der Waals surface area contributed by atoms with Gasteiger partial charge in [0.2, 0.25) is 0 Å². The van der Waals surface area contributed by atoms with E-state index >= 15 is 0 Å². The predicted octanol–water partition coefficient (Wildman–Crippen LogP) is 3.49. The summed E-state index contributed by atoms with van der Waals surface area (Å²) < 4.78 is 31.4. The number of hydrogen-bond acceptors (Lipinski definition) is 5. The minimum Gasteiger partial charge on any atom is -0.457 e. The van der Waals surface area contributed by atoms with Gasteiger partial charge in [-0.3, -0.25) is 9.63 Å². The highest BCUT2D eigenvalue weighted by atomic mass is 32.2. The standard InChI is InChI=1S/C22H20N2O5S/c1-24(28-2)30(26,27)16-13-11-15(12-14-16)22(25)23-21-17-7-3-5-9-19(17)29-20-10-6-4-8-18(20)21/h3-14,21H,1-2H3,(H,23,25). The van der Waals surface area contributed by atoms with Crippen molar-refractivity contribution in [3.63, 3.8) is 0 Å². The summed E-state index contributed by atoms with van der Waals surface area (Å²) in [6, 6.07) is 20.4. The van der Waals surface area contributed by atoms with Crippen molar-refractivity contribution in [2.24, 2.45) is 0 Å². The summed E-state index contributed by atoms with van der Waals surface area (Å²) in [6.45, 7) is 0. The largest absolute Gasteiger partial charge is 0.457 e. The Labute approximate surface area is 174 Å². The van der Waals surface area contributed by atoms with E-state index in [0.717, 1.165) is 15.6 Å². The molecule has 0 saturated carbocycles. The van der Waals surface area contributed by atoms with E-state index < -0.39 is 10.0 Å². The average molecular weight is 424 g/mol. The van der Waals surface area contributed by atoms with Crippen LogP contribution in [0.25, 0.3) is 0 Å². The van der Waals surface area contributed by atoms with Gasteiger partial charge in [0.1, 0.15) is 11.5 Å². The van der Waals surface area contributed by atoms with Crippen LogP contribution in [0.4, 0.5) is 0 Å². The second-order valence-electron chi connectivity index (χ2n) is 6.71. The number of hydrogen-bond donors (Lipinski definition) is 1. The van der Waals surface area contributed by atoms with Crippen LogP contribution in [0.3, 0.4) is 0 Å². The molecule has 0 spiro atoms. The highest BCUT2D eigenvalue weighted by Crippen LogP contribution is 2.42. The summed E-state index contributed by atoms with van der Waals surface area (Å²) in [7, 11) is -1.21. The van der Waals surface area contributed by atoms with E-state index in [0.29, 0.717) is 17.1 Å². The van der Waals surface area contributed by atoms with E-state index in [-0.39, 0.29) is 16.8 Å². The van der Waals surface area contributed by atoms with Gasteiger partial charge in [-0.25, -0.2) is 8.42 Å². The molecule has 0 saturated heterocycles. The van der Waals surface area contributed by atoms with Gasteiger partial charge in [0.05, 0.1) is 18.0 Å². The molecule has 4 rings (SSSR count). The van der Waals surface area contributed by atoms with E-state index in [9.17, 15) is 13.2 Å². The number of carbonyl (C=O) groups excluding carboxylic acids is 1. The van der Waals surface area contributed by atoms with Crippen molar-refractivity contribution in [3.05, 3.63) is 89.5 Å². The molecule has 1 heterocycles. The Morgan fingerprint density at radius 3 is 2.00 bits per heavy atom. The second-order valence-corrected chi connectivity index (χ2v) is 8.64. The number of rotatable bonds is 5. The zero-order valence-corrected chi connectivity index (χ0v) is 17.2. The summed E-state index contributed by atoms with van der Waals surface area (Å²) in [6.07, 6.45) is 0. The van der Waals surface area contributed by atoms with Crippen LogP contribution in [0.15, 0.2) is 77.7 Å². The predicted molar refractivity (Wildman–Crippen MR) is 111 cm³/mol. The van der Waals surface area contributed by atoms with Crippen LogP contribution < -0.4 is 10.1 Å². The zero-order chi connectivity index (χ0) is 21.3. The molecule has 0 aliphatic carbocycles. The van der Waals surface area contributed by atoms with Crippen molar-refractivity contribution in [3.8, 4) is 11.5 Å². The highest BCUT2D eigenvalue weighted by molar-refractivity contribution is 7.89. The van der Waals surface area contributed by atoms with Crippen molar-refractivity contribution < 1.29 is 22.8 Å². The lowest BCUT2D eigenvalue weighted by Gasteiger charge is -2.28. The van der Waals surface area contributed by atoms with Gasteiger partial charge in [-0.05, 0) is 36.4 Å². The van der Waals surface area contributed by atoms with Gasteiger partial charge >= 0.3 is 0 Å². The first kappa shape index (κ1) is 20.1. The lowest BCUT2D eigenvalue weighted by molar-refractivity contribution is -0.0258. The summed E-state index contributed by atoms with van der Waals surface area (Å²) >= 11 is 0. The number of nitrogens with zero attached hydrogens (tertiary/aromatic N) is 1. The molecule has 0 aromatic heterocycles. The first-order chi connectivity index (χ1) is 14.4. The van der Waals surface area contributed by atoms with Crippen LogP contribution in [0.2, 0.25) is 0 Å². The molecule has 0 bridgehead atoms. The molecule has 1 aliphatic rings. The third kappa shape index (κ3) is 3.56. The number of para-hydroxylation sites is 2. The Balaban J connectivity index is 1.62. The summed E-state index contributed by atoms with van der Waals surface area (Å²) in [5.74, 6) is 1.05. The van der Waals surface area contributed by atoms with Crippen LogP contribution in [0, 0.1) is 0 Å². The molecule has 7 nitrogen and oxygen atoms in total. The number of sulfonamides is 1. The summed E-state index contributed by atoms with van der Waals surface area (Å²) in [5, 5.41) is 3.04. The normalized spacial score (nSPS) is 13.3. The third-order valence-electron chi connectivity index (χ3n) is 4.97. The molecule has 8 heteroatoms. The fraction of sp³-hybridized carbons (Fsp3) is 0.136. The molecule has 1 aliphatic heterocycles. The van der Waals surface area contributed by atoms with Gasteiger partial charge in [0.25, 0.3) is 15.9 Å². The van der Waals surface area contributed by atoms with E-state index in [1.807, 2.05) is 48.5 Å². The maximum atomic E-state index is 12.9. The van der Waals surface area contributed by atoms with Crippen LogP contribution in [0.5, 0.6) is 11.5 Å². The van der Waals surface area contributed by atoms with Crippen molar-refractivity contribution >= 4 is 15.9 Å². The summed E-state index contributed by atoms with van der Waals surface area (Å²) in [5.41, 5.74) is 2.05. The van der Waals surface area contributed by atoms with Crippen molar-refractivity contribution in [1.29, 1.82) is 0 Å². The molecule has 1 N–H and O–H groups in total. The number of amides is 1. The number of ether oxygens (including phenoxy) is 1. The maximum absolute atomic E-state index is 12.9. The molecule has 1 amide bonds. The van der Waals surface area contributed by atoms with E-state index in [1.54, 1.807) is 0 Å².